The zero-order valence-electron chi connectivity index (χ0n) is 15.1. The van der Waals surface area contributed by atoms with Gasteiger partial charge in [0.25, 0.3) is 5.92 Å². The molecule has 1 N–H and O–H groups in total. The first kappa shape index (κ1) is 18.5. The summed E-state index contributed by atoms with van der Waals surface area (Å²) >= 11 is 0. The minimum absolute atomic E-state index is 0.0365. The highest BCUT2D eigenvalue weighted by molar-refractivity contribution is 5.83. The SMILES string of the molecule is CC(C)(C)OC(=O)N1CC[C@H](CNc2ncc3c(n2)CN=C3)C(F)(F)C1. The second-order valence-electron chi connectivity index (χ2n) is 7.59. The van der Waals surface area contributed by atoms with Crippen LogP contribution >= 0.6 is 0 Å². The Labute approximate surface area is 150 Å². The van der Waals surface area contributed by atoms with Gasteiger partial charge < -0.3 is 15.0 Å². The van der Waals surface area contributed by atoms with E-state index >= 15 is 0 Å². The molecule has 7 nitrogen and oxygen atoms in total. The zero-order valence-corrected chi connectivity index (χ0v) is 15.1. The third kappa shape index (κ3) is 4.25. The maximum absolute atomic E-state index is 14.5. The Balaban J connectivity index is 1.56. The molecule has 0 bridgehead atoms. The highest BCUT2D eigenvalue weighted by Gasteiger charge is 2.46. The van der Waals surface area contributed by atoms with E-state index in [2.05, 4.69) is 20.3 Å². The maximum Gasteiger partial charge on any atom is 0.410 e. The van der Waals surface area contributed by atoms with E-state index in [-0.39, 0.29) is 19.5 Å². The fourth-order valence-corrected chi connectivity index (χ4v) is 2.91. The van der Waals surface area contributed by atoms with Crippen LogP contribution in [0.4, 0.5) is 19.5 Å². The third-order valence-corrected chi connectivity index (χ3v) is 4.28. The predicted octanol–water partition coefficient (Wildman–Crippen LogP) is 2.71. The van der Waals surface area contributed by atoms with Gasteiger partial charge in [-0.3, -0.25) is 4.99 Å². The normalized spacial score (nSPS) is 21.4. The molecule has 0 saturated carbocycles. The molecule has 1 amide bonds. The Morgan fingerprint density at radius 2 is 2.23 bits per heavy atom. The molecule has 26 heavy (non-hydrogen) atoms. The number of alkyl halides is 2. The van der Waals surface area contributed by atoms with Crippen molar-refractivity contribution in [2.24, 2.45) is 10.9 Å². The summed E-state index contributed by atoms with van der Waals surface area (Å²) in [6.45, 7) is 5.23. The smallest absolute Gasteiger partial charge is 0.410 e. The van der Waals surface area contributed by atoms with Crippen molar-refractivity contribution in [3.63, 3.8) is 0 Å². The van der Waals surface area contributed by atoms with Crippen LogP contribution in [-0.2, 0) is 11.3 Å². The number of fused-ring (bicyclic) bond motifs is 1. The molecule has 0 aromatic carbocycles. The first-order valence-electron chi connectivity index (χ1n) is 8.59. The standard InChI is InChI=1S/C17H23F2N5O2/c1-16(2,3)26-15(25)24-5-4-12(17(18,19)10-24)8-22-14-21-7-11-6-20-9-13(11)23-14/h6-7,12H,4-5,8-10H2,1-3H3,(H,21,22,23)/t12-/m1/s1. The van der Waals surface area contributed by atoms with Gasteiger partial charge in [-0.2, -0.15) is 0 Å². The van der Waals surface area contributed by atoms with Gasteiger partial charge in [0.2, 0.25) is 5.95 Å². The average molecular weight is 367 g/mol. The molecule has 0 radical (unpaired) electrons. The van der Waals surface area contributed by atoms with Crippen molar-refractivity contribution >= 4 is 18.3 Å². The van der Waals surface area contributed by atoms with Gasteiger partial charge in [-0.05, 0) is 27.2 Å². The van der Waals surface area contributed by atoms with Gasteiger partial charge in [0.15, 0.2) is 0 Å². The topological polar surface area (TPSA) is 79.7 Å². The van der Waals surface area contributed by atoms with Crippen LogP contribution in [0.2, 0.25) is 0 Å². The number of rotatable bonds is 3. The summed E-state index contributed by atoms with van der Waals surface area (Å²) in [6.07, 6.45) is 2.79. The summed E-state index contributed by atoms with van der Waals surface area (Å²) in [5.74, 6) is -3.60. The predicted molar refractivity (Wildman–Crippen MR) is 92.7 cm³/mol. The number of aromatic nitrogens is 2. The van der Waals surface area contributed by atoms with Gasteiger partial charge in [0.1, 0.15) is 5.60 Å². The van der Waals surface area contributed by atoms with Crippen molar-refractivity contribution in [1.82, 2.24) is 14.9 Å². The Hall–Kier alpha value is -2.32. The summed E-state index contributed by atoms with van der Waals surface area (Å²) in [6, 6.07) is 0. The van der Waals surface area contributed by atoms with E-state index in [4.69, 9.17) is 4.74 Å². The number of carbonyl (C=O) groups is 1. The average Bonchev–Trinajstić information content (AvgIpc) is 2.99. The van der Waals surface area contributed by atoms with E-state index < -0.39 is 30.1 Å². The molecule has 3 heterocycles. The molecule has 1 fully saturated rings. The lowest BCUT2D eigenvalue weighted by atomic mass is 9.93. The van der Waals surface area contributed by atoms with Crippen LogP contribution in [0.1, 0.15) is 38.4 Å². The largest absolute Gasteiger partial charge is 0.444 e. The summed E-state index contributed by atoms with van der Waals surface area (Å²) < 4.78 is 34.2. The second kappa shape index (κ2) is 6.77. The molecule has 3 rings (SSSR count). The lowest BCUT2D eigenvalue weighted by Gasteiger charge is -2.38. The summed E-state index contributed by atoms with van der Waals surface area (Å²) in [7, 11) is 0. The zero-order chi connectivity index (χ0) is 18.9. The van der Waals surface area contributed by atoms with Crippen molar-refractivity contribution < 1.29 is 18.3 Å². The van der Waals surface area contributed by atoms with E-state index in [0.717, 1.165) is 16.2 Å². The van der Waals surface area contributed by atoms with E-state index in [1.54, 1.807) is 33.2 Å². The minimum atomic E-state index is -3.01. The number of aliphatic imine (C=N–C) groups is 1. The molecule has 0 unspecified atom stereocenters. The number of hydrogen-bond acceptors (Lipinski definition) is 6. The Morgan fingerprint density at radius 1 is 1.46 bits per heavy atom. The molecule has 0 spiro atoms. The van der Waals surface area contributed by atoms with Gasteiger partial charge in [-0.1, -0.05) is 0 Å². The number of nitrogens with one attached hydrogen (secondary N) is 1. The van der Waals surface area contributed by atoms with Crippen LogP contribution < -0.4 is 5.32 Å². The van der Waals surface area contributed by atoms with Gasteiger partial charge in [0, 0.05) is 37.0 Å². The number of halogens is 2. The molecular formula is C17H23F2N5O2. The lowest BCUT2D eigenvalue weighted by Crippen LogP contribution is -2.53. The third-order valence-electron chi connectivity index (χ3n) is 4.28. The Morgan fingerprint density at radius 3 is 2.92 bits per heavy atom. The fraction of sp³-hybridized carbons (Fsp3) is 0.647. The van der Waals surface area contributed by atoms with Crippen molar-refractivity contribution in [3.05, 3.63) is 17.5 Å². The van der Waals surface area contributed by atoms with Crippen molar-refractivity contribution in [2.75, 3.05) is 25.0 Å². The fourth-order valence-electron chi connectivity index (χ4n) is 2.91. The second-order valence-corrected chi connectivity index (χ2v) is 7.59. The van der Waals surface area contributed by atoms with E-state index in [0.29, 0.717) is 12.5 Å². The molecule has 1 atom stereocenters. The van der Waals surface area contributed by atoms with E-state index in [9.17, 15) is 13.6 Å². The Bertz CT molecular complexity index is 718. The molecule has 9 heteroatoms. The highest BCUT2D eigenvalue weighted by atomic mass is 19.3. The summed E-state index contributed by atoms with van der Waals surface area (Å²) in [4.78, 5) is 25.6. The quantitative estimate of drug-likeness (QED) is 0.889. The van der Waals surface area contributed by atoms with Gasteiger partial charge in [0.05, 0.1) is 18.8 Å². The highest BCUT2D eigenvalue weighted by Crippen LogP contribution is 2.33. The van der Waals surface area contributed by atoms with Gasteiger partial charge >= 0.3 is 6.09 Å². The van der Waals surface area contributed by atoms with Crippen LogP contribution in [0.5, 0.6) is 0 Å². The molecule has 142 valence electrons. The van der Waals surface area contributed by atoms with Crippen LogP contribution in [0.15, 0.2) is 11.2 Å². The van der Waals surface area contributed by atoms with Crippen LogP contribution in [0.25, 0.3) is 0 Å². The van der Waals surface area contributed by atoms with E-state index in [1.807, 2.05) is 0 Å². The van der Waals surface area contributed by atoms with Crippen LogP contribution in [-0.4, -0.2) is 58.3 Å². The molecule has 1 saturated heterocycles. The van der Waals surface area contributed by atoms with Crippen LogP contribution in [0.3, 0.4) is 0 Å². The van der Waals surface area contributed by atoms with Gasteiger partial charge in [-0.15, -0.1) is 0 Å². The minimum Gasteiger partial charge on any atom is -0.444 e. The summed E-state index contributed by atoms with van der Waals surface area (Å²) in [5, 5.41) is 2.89. The van der Waals surface area contributed by atoms with E-state index in [1.165, 1.54) is 0 Å². The molecule has 2 aliphatic rings. The van der Waals surface area contributed by atoms with Crippen molar-refractivity contribution in [2.45, 2.75) is 45.3 Å². The number of hydrogen-bond donors (Lipinski definition) is 1. The van der Waals surface area contributed by atoms with Gasteiger partial charge in [-0.25, -0.2) is 23.5 Å². The molecule has 1 aromatic rings. The molecular weight excluding hydrogens is 344 g/mol. The number of anilines is 1. The molecule has 2 aliphatic heterocycles. The number of nitrogens with zero attached hydrogens (tertiary/aromatic N) is 4. The number of likely N-dealkylation sites (tertiary alicyclic amines) is 1. The number of carbonyl (C=O) groups excluding carboxylic acids is 1. The lowest BCUT2D eigenvalue weighted by molar-refractivity contribution is -0.106. The van der Waals surface area contributed by atoms with Crippen molar-refractivity contribution in [1.29, 1.82) is 0 Å². The number of ether oxygens (including phenoxy) is 1. The monoisotopic (exact) mass is 367 g/mol. The Kier molecular flexibility index (Phi) is 4.81. The number of piperidine rings is 1. The summed E-state index contributed by atoms with van der Waals surface area (Å²) in [5.41, 5.74) is 0.930. The molecule has 0 aliphatic carbocycles. The number of amides is 1. The molecule has 1 aromatic heterocycles. The van der Waals surface area contributed by atoms with Crippen LogP contribution in [0, 0.1) is 5.92 Å². The van der Waals surface area contributed by atoms with Crippen molar-refractivity contribution in [3.8, 4) is 0 Å². The maximum atomic E-state index is 14.5. The first-order valence-corrected chi connectivity index (χ1v) is 8.59. The first-order chi connectivity index (χ1) is 12.1.